The second-order valence-electron chi connectivity index (χ2n) is 3.87. The van der Waals surface area contributed by atoms with Crippen LogP contribution in [0.3, 0.4) is 0 Å². The van der Waals surface area contributed by atoms with Gasteiger partial charge in [0, 0.05) is 18.3 Å². The first-order valence-corrected chi connectivity index (χ1v) is 5.32. The normalized spacial score (nSPS) is 11.1. The molecule has 1 aromatic carbocycles. The first kappa shape index (κ1) is 11.5. The minimum Gasteiger partial charge on any atom is -0.369 e. The molecule has 0 amide bonds. The molecule has 0 aliphatic heterocycles. The number of rotatable bonds is 1. The maximum atomic E-state index is 13.3. The summed E-state index contributed by atoms with van der Waals surface area (Å²) in [6.45, 7) is 0. The summed E-state index contributed by atoms with van der Waals surface area (Å²) in [5.74, 6) is -4.11. The van der Waals surface area contributed by atoms with Crippen LogP contribution in [0.5, 0.6) is 0 Å². The third kappa shape index (κ3) is 1.70. The summed E-state index contributed by atoms with van der Waals surface area (Å²) in [7, 11) is 0. The molecule has 0 saturated heterocycles. The Kier molecular flexibility index (Phi) is 2.41. The third-order valence-electron chi connectivity index (χ3n) is 2.67. The fourth-order valence-electron chi connectivity index (χ4n) is 1.86. The highest BCUT2D eigenvalue weighted by Gasteiger charge is 2.16. The fraction of sp³-hybridized carbons (Fsp3) is 0. The van der Waals surface area contributed by atoms with Crippen molar-refractivity contribution in [2.24, 2.45) is 0 Å². The predicted octanol–water partition coefficient (Wildman–Crippen LogP) is 2.42. The van der Waals surface area contributed by atoms with Crippen LogP contribution in [-0.4, -0.2) is 14.5 Å². The van der Waals surface area contributed by atoms with Gasteiger partial charge in [0.1, 0.15) is 5.52 Å². The quantitative estimate of drug-likeness (QED) is 0.687. The molecule has 7 heteroatoms. The standard InChI is InChI=1S/C12H7F3N4/c13-7-4-6(5-8(14)10(7)15)19-11-9(18-12(19)16)2-1-3-17-11/h1-5H,(H2,16,18). The number of hydrogen-bond acceptors (Lipinski definition) is 3. The largest absolute Gasteiger partial charge is 0.369 e. The van der Waals surface area contributed by atoms with Crippen LogP contribution in [0, 0.1) is 17.5 Å². The Morgan fingerprint density at radius 3 is 2.47 bits per heavy atom. The van der Waals surface area contributed by atoms with E-state index in [1.807, 2.05) is 0 Å². The Morgan fingerprint density at radius 1 is 1.11 bits per heavy atom. The van der Waals surface area contributed by atoms with Gasteiger partial charge in [-0.25, -0.2) is 23.1 Å². The molecule has 0 radical (unpaired) electrons. The van der Waals surface area contributed by atoms with Crippen molar-refractivity contribution in [1.29, 1.82) is 0 Å². The van der Waals surface area contributed by atoms with Crippen LogP contribution in [0.4, 0.5) is 19.1 Å². The number of halogens is 3. The van der Waals surface area contributed by atoms with E-state index in [2.05, 4.69) is 9.97 Å². The van der Waals surface area contributed by atoms with Crippen molar-refractivity contribution < 1.29 is 13.2 Å². The molecule has 96 valence electrons. The van der Waals surface area contributed by atoms with E-state index in [-0.39, 0.29) is 11.6 Å². The lowest BCUT2D eigenvalue weighted by atomic mass is 10.3. The zero-order chi connectivity index (χ0) is 13.6. The zero-order valence-corrected chi connectivity index (χ0v) is 9.44. The fourth-order valence-corrected chi connectivity index (χ4v) is 1.86. The van der Waals surface area contributed by atoms with E-state index in [1.54, 1.807) is 12.1 Å². The van der Waals surface area contributed by atoms with Gasteiger partial charge in [-0.3, -0.25) is 4.57 Å². The number of nitrogen functional groups attached to an aromatic ring is 1. The van der Waals surface area contributed by atoms with Crippen LogP contribution < -0.4 is 5.73 Å². The maximum Gasteiger partial charge on any atom is 0.207 e. The topological polar surface area (TPSA) is 56.7 Å². The number of imidazole rings is 1. The Balaban J connectivity index is 2.33. The van der Waals surface area contributed by atoms with Crippen molar-refractivity contribution in [3.8, 4) is 5.69 Å². The Bertz CT molecular complexity index is 759. The van der Waals surface area contributed by atoms with E-state index in [9.17, 15) is 13.2 Å². The van der Waals surface area contributed by atoms with Gasteiger partial charge in [0.2, 0.25) is 5.95 Å². The molecule has 0 atom stereocenters. The van der Waals surface area contributed by atoms with Gasteiger partial charge < -0.3 is 5.73 Å². The van der Waals surface area contributed by atoms with Gasteiger partial charge in [0.25, 0.3) is 0 Å². The average Bonchev–Trinajstić information content (AvgIpc) is 2.71. The molecule has 0 unspecified atom stereocenters. The van der Waals surface area contributed by atoms with Crippen molar-refractivity contribution >= 4 is 17.1 Å². The molecule has 2 N–H and O–H groups in total. The van der Waals surface area contributed by atoms with E-state index >= 15 is 0 Å². The number of pyridine rings is 1. The molecule has 0 saturated carbocycles. The SMILES string of the molecule is Nc1nc2cccnc2n1-c1cc(F)c(F)c(F)c1. The lowest BCUT2D eigenvalue weighted by Gasteiger charge is -2.06. The molecule has 0 spiro atoms. The molecule has 2 heterocycles. The molecule has 0 aliphatic rings. The number of benzene rings is 1. The number of hydrogen-bond donors (Lipinski definition) is 1. The molecule has 0 aliphatic carbocycles. The maximum absolute atomic E-state index is 13.3. The van der Waals surface area contributed by atoms with Crippen molar-refractivity contribution in [1.82, 2.24) is 14.5 Å². The summed E-state index contributed by atoms with van der Waals surface area (Å²) in [5, 5.41) is 0. The highest BCUT2D eigenvalue weighted by Crippen LogP contribution is 2.23. The number of fused-ring (bicyclic) bond motifs is 1. The molecule has 3 aromatic rings. The lowest BCUT2D eigenvalue weighted by molar-refractivity contribution is 0.446. The van der Waals surface area contributed by atoms with E-state index in [4.69, 9.17) is 5.73 Å². The Hall–Kier alpha value is -2.57. The van der Waals surface area contributed by atoms with Crippen LogP contribution >= 0.6 is 0 Å². The molecule has 4 nitrogen and oxygen atoms in total. The van der Waals surface area contributed by atoms with Crippen LogP contribution in [0.1, 0.15) is 0 Å². The first-order chi connectivity index (χ1) is 9.08. The van der Waals surface area contributed by atoms with Gasteiger partial charge in [-0.05, 0) is 12.1 Å². The van der Waals surface area contributed by atoms with Gasteiger partial charge in [-0.15, -0.1) is 0 Å². The van der Waals surface area contributed by atoms with Crippen molar-refractivity contribution in [3.63, 3.8) is 0 Å². The summed E-state index contributed by atoms with van der Waals surface area (Å²) < 4.78 is 40.7. The second-order valence-corrected chi connectivity index (χ2v) is 3.87. The zero-order valence-electron chi connectivity index (χ0n) is 9.44. The summed E-state index contributed by atoms with van der Waals surface area (Å²) in [6.07, 6.45) is 1.50. The summed E-state index contributed by atoms with van der Waals surface area (Å²) >= 11 is 0. The van der Waals surface area contributed by atoms with Crippen molar-refractivity contribution in [3.05, 3.63) is 47.9 Å². The van der Waals surface area contributed by atoms with Gasteiger partial charge in [-0.2, -0.15) is 0 Å². The van der Waals surface area contributed by atoms with Gasteiger partial charge in [0.05, 0.1) is 5.69 Å². The molecule has 19 heavy (non-hydrogen) atoms. The molecule has 2 aromatic heterocycles. The molecular formula is C12H7F3N4. The molecular weight excluding hydrogens is 257 g/mol. The van der Waals surface area contributed by atoms with Crippen LogP contribution in [0.25, 0.3) is 16.9 Å². The summed E-state index contributed by atoms with van der Waals surface area (Å²) in [6, 6.07) is 4.99. The molecule has 0 bridgehead atoms. The van der Waals surface area contributed by atoms with Gasteiger partial charge >= 0.3 is 0 Å². The van der Waals surface area contributed by atoms with E-state index < -0.39 is 17.5 Å². The number of nitrogens with zero attached hydrogens (tertiary/aromatic N) is 3. The Labute approximate surface area is 105 Å². The summed E-state index contributed by atoms with van der Waals surface area (Å²) in [5.41, 5.74) is 6.54. The highest BCUT2D eigenvalue weighted by atomic mass is 19.2. The van der Waals surface area contributed by atoms with Crippen molar-refractivity contribution in [2.45, 2.75) is 0 Å². The second kappa shape index (κ2) is 3.98. The minimum absolute atomic E-state index is 0.0131. The van der Waals surface area contributed by atoms with E-state index in [1.165, 1.54) is 10.8 Å². The van der Waals surface area contributed by atoms with Crippen LogP contribution in [0.2, 0.25) is 0 Å². The van der Waals surface area contributed by atoms with Crippen LogP contribution in [-0.2, 0) is 0 Å². The number of anilines is 1. The minimum atomic E-state index is -1.53. The average molecular weight is 264 g/mol. The van der Waals surface area contributed by atoms with Crippen LogP contribution in [0.15, 0.2) is 30.5 Å². The molecule has 0 fully saturated rings. The monoisotopic (exact) mass is 264 g/mol. The van der Waals surface area contributed by atoms with E-state index in [0.717, 1.165) is 12.1 Å². The lowest BCUT2D eigenvalue weighted by Crippen LogP contribution is -2.04. The number of aromatic nitrogens is 3. The Morgan fingerprint density at radius 2 is 1.79 bits per heavy atom. The van der Waals surface area contributed by atoms with Gasteiger partial charge in [-0.1, -0.05) is 0 Å². The summed E-state index contributed by atoms with van der Waals surface area (Å²) in [4.78, 5) is 8.05. The number of nitrogens with two attached hydrogens (primary N) is 1. The third-order valence-corrected chi connectivity index (χ3v) is 2.67. The highest BCUT2D eigenvalue weighted by molar-refractivity contribution is 5.76. The smallest absolute Gasteiger partial charge is 0.207 e. The van der Waals surface area contributed by atoms with Crippen molar-refractivity contribution in [2.75, 3.05) is 5.73 Å². The molecule has 3 rings (SSSR count). The predicted molar refractivity (Wildman–Crippen MR) is 63.2 cm³/mol. The van der Waals surface area contributed by atoms with E-state index in [0.29, 0.717) is 11.2 Å². The first-order valence-electron chi connectivity index (χ1n) is 5.32. The van der Waals surface area contributed by atoms with Gasteiger partial charge in [0.15, 0.2) is 23.1 Å².